The van der Waals surface area contributed by atoms with Gasteiger partial charge in [0.05, 0.1) is 17.1 Å². The van der Waals surface area contributed by atoms with Gasteiger partial charge in [0.2, 0.25) is 0 Å². The molecule has 0 aliphatic heterocycles. The first-order valence-corrected chi connectivity index (χ1v) is 6.33. The molecule has 0 saturated heterocycles. The number of aromatic amines is 1. The second-order valence-corrected chi connectivity index (χ2v) is 4.85. The van der Waals surface area contributed by atoms with E-state index in [9.17, 15) is 4.79 Å². The van der Waals surface area contributed by atoms with E-state index in [0.717, 1.165) is 11.4 Å². The van der Waals surface area contributed by atoms with Crippen LogP contribution in [-0.2, 0) is 6.54 Å². The minimum atomic E-state index is -0.103. The fraction of sp³-hybridized carbons (Fsp3) is 0.214. The van der Waals surface area contributed by atoms with Gasteiger partial charge < -0.3 is 15.2 Å². The van der Waals surface area contributed by atoms with E-state index in [2.05, 4.69) is 10.3 Å². The summed E-state index contributed by atoms with van der Waals surface area (Å²) < 4.78 is 0. The summed E-state index contributed by atoms with van der Waals surface area (Å²) in [5, 5.41) is 3.71. The Morgan fingerprint density at radius 3 is 2.79 bits per heavy atom. The molecule has 1 aromatic heterocycles. The van der Waals surface area contributed by atoms with Crippen molar-refractivity contribution < 1.29 is 4.79 Å². The average molecular weight is 278 g/mol. The number of aromatic nitrogens is 1. The first-order valence-electron chi connectivity index (χ1n) is 5.95. The zero-order valence-electron chi connectivity index (χ0n) is 10.9. The summed E-state index contributed by atoms with van der Waals surface area (Å²) in [5.41, 5.74) is 2.45. The number of benzene rings is 1. The Morgan fingerprint density at radius 2 is 2.16 bits per heavy atom. The molecule has 0 spiro atoms. The molecule has 4 nitrogen and oxygen atoms in total. The molecule has 1 heterocycles. The van der Waals surface area contributed by atoms with Crippen molar-refractivity contribution in [3.05, 3.63) is 52.8 Å². The van der Waals surface area contributed by atoms with E-state index in [1.807, 2.05) is 24.4 Å². The molecule has 0 radical (unpaired) electrons. The molecule has 2 rings (SSSR count). The summed E-state index contributed by atoms with van der Waals surface area (Å²) in [6, 6.07) is 9.30. The predicted molar refractivity (Wildman–Crippen MR) is 77.6 cm³/mol. The van der Waals surface area contributed by atoms with Crippen LogP contribution in [0.25, 0.3) is 0 Å². The maximum atomic E-state index is 12.0. The van der Waals surface area contributed by atoms with Crippen LogP contribution in [0, 0.1) is 0 Å². The van der Waals surface area contributed by atoms with Gasteiger partial charge in [-0.05, 0) is 30.3 Å². The third-order valence-corrected chi connectivity index (χ3v) is 3.08. The van der Waals surface area contributed by atoms with Gasteiger partial charge in [0.1, 0.15) is 0 Å². The molecule has 2 N–H and O–H groups in total. The van der Waals surface area contributed by atoms with Crippen LogP contribution in [0.3, 0.4) is 0 Å². The molecular weight excluding hydrogens is 262 g/mol. The summed E-state index contributed by atoms with van der Waals surface area (Å²) in [6.45, 7) is 0.671. The molecule has 1 amide bonds. The van der Waals surface area contributed by atoms with Gasteiger partial charge >= 0.3 is 0 Å². The summed E-state index contributed by atoms with van der Waals surface area (Å²) >= 11 is 6.05. The van der Waals surface area contributed by atoms with Crippen molar-refractivity contribution in [1.82, 2.24) is 9.88 Å². The molecule has 5 heteroatoms. The van der Waals surface area contributed by atoms with E-state index in [1.165, 1.54) is 4.90 Å². The number of hydrogen-bond donors (Lipinski definition) is 2. The number of anilines is 1. The van der Waals surface area contributed by atoms with Crippen molar-refractivity contribution in [2.24, 2.45) is 0 Å². The van der Waals surface area contributed by atoms with Crippen LogP contribution >= 0.6 is 11.6 Å². The fourth-order valence-electron chi connectivity index (χ4n) is 1.71. The first-order chi connectivity index (χ1) is 9.08. The number of carbonyl (C=O) groups excluding carboxylic acids is 1. The summed E-state index contributed by atoms with van der Waals surface area (Å²) in [7, 11) is 3.41. The number of nitrogens with zero attached hydrogens (tertiary/aromatic N) is 1. The molecular formula is C14H16ClN3O. The Labute approximate surface area is 117 Å². The molecule has 1 aromatic carbocycles. The number of amides is 1. The number of halogens is 1. The minimum absolute atomic E-state index is 0.103. The number of hydrogen-bond acceptors (Lipinski definition) is 2. The quantitative estimate of drug-likeness (QED) is 0.903. The van der Waals surface area contributed by atoms with Crippen molar-refractivity contribution in [2.75, 3.05) is 19.4 Å². The van der Waals surface area contributed by atoms with E-state index in [4.69, 9.17) is 11.6 Å². The van der Waals surface area contributed by atoms with Crippen LogP contribution in [0.2, 0.25) is 5.02 Å². The topological polar surface area (TPSA) is 48.1 Å². The van der Waals surface area contributed by atoms with Gasteiger partial charge in [-0.2, -0.15) is 0 Å². The highest BCUT2D eigenvalue weighted by Gasteiger charge is 2.12. The van der Waals surface area contributed by atoms with Crippen LogP contribution in [-0.4, -0.2) is 29.9 Å². The molecule has 0 bridgehead atoms. The average Bonchev–Trinajstić information content (AvgIpc) is 2.90. The van der Waals surface area contributed by atoms with Crippen molar-refractivity contribution in [3.63, 3.8) is 0 Å². The molecule has 0 aliphatic carbocycles. The van der Waals surface area contributed by atoms with Gasteiger partial charge in [-0.15, -0.1) is 0 Å². The van der Waals surface area contributed by atoms with Gasteiger partial charge in [-0.3, -0.25) is 4.79 Å². The Hall–Kier alpha value is -1.94. The largest absolute Gasteiger partial charge is 0.379 e. The van der Waals surface area contributed by atoms with Gasteiger partial charge in [0, 0.05) is 31.7 Å². The first kappa shape index (κ1) is 13.5. The summed E-state index contributed by atoms with van der Waals surface area (Å²) in [6.07, 6.45) is 1.87. The fourth-order valence-corrected chi connectivity index (χ4v) is 1.91. The van der Waals surface area contributed by atoms with Crippen LogP contribution in [0.5, 0.6) is 0 Å². The molecule has 0 unspecified atom stereocenters. The molecule has 19 heavy (non-hydrogen) atoms. The van der Waals surface area contributed by atoms with Crippen molar-refractivity contribution >= 4 is 23.2 Å². The maximum Gasteiger partial charge on any atom is 0.254 e. The van der Waals surface area contributed by atoms with Crippen LogP contribution in [0.1, 0.15) is 16.1 Å². The van der Waals surface area contributed by atoms with Crippen LogP contribution < -0.4 is 5.32 Å². The molecule has 2 aromatic rings. The molecule has 0 aliphatic rings. The lowest BCUT2D eigenvalue weighted by atomic mass is 10.1. The van der Waals surface area contributed by atoms with E-state index >= 15 is 0 Å². The zero-order chi connectivity index (χ0) is 13.8. The van der Waals surface area contributed by atoms with Gasteiger partial charge in [-0.1, -0.05) is 11.6 Å². The monoisotopic (exact) mass is 277 g/mol. The lowest BCUT2D eigenvalue weighted by Crippen LogP contribution is -2.22. The summed E-state index contributed by atoms with van der Waals surface area (Å²) in [5.74, 6) is -0.103. The second kappa shape index (κ2) is 5.80. The van der Waals surface area contributed by atoms with E-state index in [0.29, 0.717) is 17.1 Å². The number of carbonyl (C=O) groups is 1. The van der Waals surface area contributed by atoms with Crippen LogP contribution in [0.4, 0.5) is 5.69 Å². The number of nitrogens with one attached hydrogen (secondary N) is 2. The Morgan fingerprint density at radius 1 is 1.37 bits per heavy atom. The predicted octanol–water partition coefficient (Wildman–Crippen LogP) is 2.98. The minimum Gasteiger partial charge on any atom is -0.379 e. The summed E-state index contributed by atoms with van der Waals surface area (Å²) in [4.78, 5) is 16.6. The number of H-pyrrole nitrogens is 1. The van der Waals surface area contributed by atoms with Crippen LogP contribution in [0.15, 0.2) is 36.5 Å². The smallest absolute Gasteiger partial charge is 0.254 e. The lowest BCUT2D eigenvalue weighted by Gasteiger charge is -2.13. The highest BCUT2D eigenvalue weighted by Crippen LogP contribution is 2.22. The van der Waals surface area contributed by atoms with Crippen molar-refractivity contribution in [2.45, 2.75) is 6.54 Å². The van der Waals surface area contributed by atoms with Crippen molar-refractivity contribution in [3.8, 4) is 0 Å². The van der Waals surface area contributed by atoms with Crippen molar-refractivity contribution in [1.29, 1.82) is 0 Å². The Kier molecular flexibility index (Phi) is 4.12. The van der Waals surface area contributed by atoms with E-state index in [-0.39, 0.29) is 5.91 Å². The normalized spacial score (nSPS) is 10.3. The molecule has 0 atom stereocenters. The molecule has 0 fully saturated rings. The SMILES string of the molecule is CN(C)C(=O)c1cc(NCc2ccc[nH]2)ccc1Cl. The molecule has 100 valence electrons. The third kappa shape index (κ3) is 3.29. The van der Waals surface area contributed by atoms with Gasteiger partial charge in [0.25, 0.3) is 5.91 Å². The number of rotatable bonds is 4. The third-order valence-electron chi connectivity index (χ3n) is 2.75. The zero-order valence-corrected chi connectivity index (χ0v) is 11.7. The van der Waals surface area contributed by atoms with Gasteiger partial charge in [0.15, 0.2) is 0 Å². The second-order valence-electron chi connectivity index (χ2n) is 4.44. The molecule has 0 saturated carbocycles. The highest BCUT2D eigenvalue weighted by atomic mass is 35.5. The lowest BCUT2D eigenvalue weighted by molar-refractivity contribution is 0.0828. The van der Waals surface area contributed by atoms with E-state index in [1.54, 1.807) is 26.2 Å². The Bertz CT molecular complexity index is 564. The Balaban J connectivity index is 2.14. The van der Waals surface area contributed by atoms with Gasteiger partial charge in [-0.25, -0.2) is 0 Å². The van der Waals surface area contributed by atoms with E-state index < -0.39 is 0 Å². The standard InChI is InChI=1S/C14H16ClN3O/c1-18(2)14(19)12-8-10(5-6-13(12)15)17-9-11-4-3-7-16-11/h3-8,16-17H,9H2,1-2H3. The highest BCUT2D eigenvalue weighted by molar-refractivity contribution is 6.34. The maximum absolute atomic E-state index is 12.0.